The molecular formula is C23H18Cl2N2O3. The Balaban J connectivity index is 1.32. The molecule has 0 saturated heterocycles. The Kier molecular flexibility index (Phi) is 3.96. The van der Waals surface area contributed by atoms with Crippen molar-refractivity contribution in [3.8, 4) is 17.0 Å². The van der Waals surface area contributed by atoms with E-state index in [4.69, 9.17) is 32.5 Å². The molecule has 0 bridgehead atoms. The number of carbonyl (C=O) groups is 1. The van der Waals surface area contributed by atoms with Gasteiger partial charge in [0.15, 0.2) is 0 Å². The number of ether oxygens (including phenoxy) is 1. The zero-order valence-corrected chi connectivity index (χ0v) is 17.5. The molecule has 2 saturated carbocycles. The molecule has 30 heavy (non-hydrogen) atoms. The van der Waals surface area contributed by atoms with Gasteiger partial charge in [-0.25, -0.2) is 0 Å². The molecule has 2 aliphatic carbocycles. The van der Waals surface area contributed by atoms with Crippen LogP contribution in [-0.2, 0) is 16.8 Å². The van der Waals surface area contributed by atoms with Crippen molar-refractivity contribution in [2.24, 2.45) is 0 Å². The predicted molar refractivity (Wildman–Crippen MR) is 114 cm³/mol. The molecule has 1 aliphatic heterocycles. The van der Waals surface area contributed by atoms with Gasteiger partial charge < -0.3 is 14.6 Å². The van der Waals surface area contributed by atoms with E-state index in [1.807, 2.05) is 18.2 Å². The molecule has 6 rings (SSSR count). The number of nitrogens with one attached hydrogen (secondary N) is 1. The summed E-state index contributed by atoms with van der Waals surface area (Å²) in [5, 5.41) is 8.33. The van der Waals surface area contributed by atoms with Gasteiger partial charge in [0.05, 0.1) is 21.0 Å². The summed E-state index contributed by atoms with van der Waals surface area (Å²) in [5.74, 6) is 1.98. The first-order chi connectivity index (χ1) is 14.6. The van der Waals surface area contributed by atoms with Gasteiger partial charge in [-0.15, -0.1) is 0 Å². The lowest BCUT2D eigenvalue weighted by molar-refractivity contribution is -0.117. The molecule has 1 spiro atoms. The van der Waals surface area contributed by atoms with Crippen LogP contribution in [0.5, 0.6) is 5.75 Å². The standard InChI is InChI=1S/C23H18Cl2N2O3/c24-16-2-1-3-17(25)19(16)20-14(21(30-27-20)12-4-5-12)11-29-13-6-7-15-18(10-13)26-22(28)23(15)8-9-23/h1-3,6-7,10,12H,4-5,8-9,11H2,(H,26,28). The summed E-state index contributed by atoms with van der Waals surface area (Å²) in [5.41, 5.74) is 3.78. The Morgan fingerprint density at radius 1 is 1.17 bits per heavy atom. The van der Waals surface area contributed by atoms with Gasteiger partial charge in [-0.05, 0) is 49.4 Å². The molecule has 3 aromatic rings. The lowest BCUT2D eigenvalue weighted by Gasteiger charge is -2.11. The van der Waals surface area contributed by atoms with E-state index in [9.17, 15) is 4.79 Å². The highest BCUT2D eigenvalue weighted by Crippen LogP contribution is 2.55. The summed E-state index contributed by atoms with van der Waals surface area (Å²) in [7, 11) is 0. The number of rotatable bonds is 5. The average Bonchev–Trinajstić information content (AvgIpc) is 3.64. The van der Waals surface area contributed by atoms with Crippen LogP contribution in [0, 0.1) is 0 Å². The minimum absolute atomic E-state index is 0.0975. The Bertz CT molecular complexity index is 1170. The van der Waals surface area contributed by atoms with Crippen molar-refractivity contribution in [1.82, 2.24) is 5.16 Å². The van der Waals surface area contributed by atoms with Crippen LogP contribution in [0.4, 0.5) is 5.69 Å². The number of amides is 1. The third-order valence-electron chi connectivity index (χ3n) is 6.29. The van der Waals surface area contributed by atoms with Crippen molar-refractivity contribution in [1.29, 1.82) is 0 Å². The molecule has 7 heteroatoms. The summed E-state index contributed by atoms with van der Waals surface area (Å²) in [6.45, 7) is 0.282. The van der Waals surface area contributed by atoms with Crippen LogP contribution in [0.1, 0.15) is 48.5 Å². The fourth-order valence-electron chi connectivity index (χ4n) is 4.32. The van der Waals surface area contributed by atoms with Crippen LogP contribution >= 0.6 is 23.2 Å². The second-order valence-corrected chi connectivity index (χ2v) is 9.09. The van der Waals surface area contributed by atoms with Gasteiger partial charge in [0.1, 0.15) is 23.8 Å². The van der Waals surface area contributed by atoms with Crippen LogP contribution < -0.4 is 10.1 Å². The Morgan fingerprint density at radius 3 is 2.63 bits per heavy atom. The quantitative estimate of drug-likeness (QED) is 0.521. The highest BCUT2D eigenvalue weighted by molar-refractivity contribution is 6.39. The zero-order valence-electron chi connectivity index (χ0n) is 16.0. The molecule has 0 unspecified atom stereocenters. The third-order valence-corrected chi connectivity index (χ3v) is 6.92. The fourth-order valence-corrected chi connectivity index (χ4v) is 4.90. The normalized spacial score (nSPS) is 18.4. The van der Waals surface area contributed by atoms with Crippen molar-refractivity contribution in [2.75, 3.05) is 5.32 Å². The van der Waals surface area contributed by atoms with Gasteiger partial charge in [0.25, 0.3) is 0 Å². The van der Waals surface area contributed by atoms with E-state index < -0.39 is 0 Å². The average molecular weight is 441 g/mol. The molecule has 2 heterocycles. The molecule has 152 valence electrons. The maximum Gasteiger partial charge on any atom is 0.235 e. The summed E-state index contributed by atoms with van der Waals surface area (Å²) in [6.07, 6.45) is 3.98. The van der Waals surface area contributed by atoms with Crippen molar-refractivity contribution in [3.63, 3.8) is 0 Å². The first-order valence-electron chi connectivity index (χ1n) is 10.1. The molecule has 2 aromatic carbocycles. The summed E-state index contributed by atoms with van der Waals surface area (Å²) in [6, 6.07) is 11.2. The van der Waals surface area contributed by atoms with Crippen molar-refractivity contribution in [2.45, 2.75) is 43.6 Å². The van der Waals surface area contributed by atoms with Crippen LogP contribution in [0.25, 0.3) is 11.3 Å². The highest BCUT2D eigenvalue weighted by Gasteiger charge is 2.56. The largest absolute Gasteiger partial charge is 0.489 e. The summed E-state index contributed by atoms with van der Waals surface area (Å²) in [4.78, 5) is 12.3. The maximum absolute atomic E-state index is 12.3. The monoisotopic (exact) mass is 440 g/mol. The van der Waals surface area contributed by atoms with Crippen LogP contribution in [0.15, 0.2) is 40.9 Å². The number of hydrogen-bond donors (Lipinski definition) is 1. The van der Waals surface area contributed by atoms with Gasteiger partial charge in [-0.3, -0.25) is 4.79 Å². The van der Waals surface area contributed by atoms with Crippen LogP contribution in [-0.4, -0.2) is 11.1 Å². The van der Waals surface area contributed by atoms with E-state index >= 15 is 0 Å². The van der Waals surface area contributed by atoms with E-state index in [1.165, 1.54) is 0 Å². The molecule has 3 aliphatic rings. The highest BCUT2D eigenvalue weighted by atomic mass is 35.5. The maximum atomic E-state index is 12.3. The first kappa shape index (κ1) is 18.3. The Morgan fingerprint density at radius 2 is 1.93 bits per heavy atom. The van der Waals surface area contributed by atoms with E-state index in [2.05, 4.69) is 10.5 Å². The Hall–Kier alpha value is -2.50. The minimum Gasteiger partial charge on any atom is -0.489 e. The van der Waals surface area contributed by atoms with E-state index in [-0.39, 0.29) is 17.9 Å². The van der Waals surface area contributed by atoms with Crippen molar-refractivity contribution < 1.29 is 14.1 Å². The molecule has 2 fully saturated rings. The fraction of sp³-hybridized carbons (Fsp3) is 0.304. The lowest BCUT2D eigenvalue weighted by atomic mass is 9.98. The molecule has 0 atom stereocenters. The minimum atomic E-state index is -0.296. The summed E-state index contributed by atoms with van der Waals surface area (Å²) >= 11 is 12.8. The van der Waals surface area contributed by atoms with E-state index in [0.29, 0.717) is 33.0 Å². The number of aromatic nitrogens is 1. The van der Waals surface area contributed by atoms with Gasteiger partial charge in [-0.2, -0.15) is 0 Å². The number of halogens is 2. The topological polar surface area (TPSA) is 64.4 Å². The first-order valence-corrected chi connectivity index (χ1v) is 10.8. The molecule has 1 N–H and O–H groups in total. The zero-order chi connectivity index (χ0) is 20.5. The SMILES string of the molecule is O=C1Nc2cc(OCc3c(-c4c(Cl)cccc4Cl)noc3C3CC3)ccc2C12CC2. The molecule has 5 nitrogen and oxygen atoms in total. The molecular weight excluding hydrogens is 423 g/mol. The van der Waals surface area contributed by atoms with Crippen LogP contribution in [0.3, 0.4) is 0 Å². The predicted octanol–water partition coefficient (Wildman–Crippen LogP) is 6.09. The second kappa shape index (κ2) is 6.50. The lowest BCUT2D eigenvalue weighted by Crippen LogP contribution is -2.18. The number of fused-ring (bicyclic) bond motifs is 2. The van der Waals surface area contributed by atoms with Crippen molar-refractivity contribution in [3.05, 3.63) is 63.3 Å². The molecule has 1 aromatic heterocycles. The van der Waals surface area contributed by atoms with Gasteiger partial charge in [-0.1, -0.05) is 40.5 Å². The number of nitrogens with zero attached hydrogens (tertiary/aromatic N) is 1. The van der Waals surface area contributed by atoms with E-state index in [0.717, 1.165) is 48.3 Å². The number of hydrogen-bond acceptors (Lipinski definition) is 4. The third kappa shape index (κ3) is 2.76. The van der Waals surface area contributed by atoms with Gasteiger partial charge >= 0.3 is 0 Å². The van der Waals surface area contributed by atoms with Crippen LogP contribution in [0.2, 0.25) is 10.0 Å². The number of anilines is 1. The Labute approximate surface area is 183 Å². The van der Waals surface area contributed by atoms with Crippen molar-refractivity contribution >= 4 is 34.8 Å². The van der Waals surface area contributed by atoms with E-state index in [1.54, 1.807) is 18.2 Å². The number of carbonyl (C=O) groups excluding carboxylic acids is 1. The summed E-state index contributed by atoms with van der Waals surface area (Å²) < 4.78 is 11.8. The number of benzene rings is 2. The molecule has 1 amide bonds. The molecule has 0 radical (unpaired) electrons. The van der Waals surface area contributed by atoms with Gasteiger partial charge in [0.2, 0.25) is 5.91 Å². The smallest absolute Gasteiger partial charge is 0.235 e. The second-order valence-electron chi connectivity index (χ2n) is 8.28. The van der Waals surface area contributed by atoms with Gasteiger partial charge in [0, 0.05) is 23.2 Å².